The van der Waals surface area contributed by atoms with Gasteiger partial charge < -0.3 is 5.32 Å². The van der Waals surface area contributed by atoms with Crippen LogP contribution in [0.1, 0.15) is 24.3 Å². The molecule has 0 bridgehead atoms. The van der Waals surface area contributed by atoms with E-state index in [1.54, 1.807) is 6.20 Å². The van der Waals surface area contributed by atoms with E-state index in [2.05, 4.69) is 62.6 Å². The fraction of sp³-hybridized carbons (Fsp3) is 0.267. The molecule has 0 radical (unpaired) electrons. The molecule has 1 aliphatic rings. The molecule has 3 heteroatoms. The van der Waals surface area contributed by atoms with Crippen molar-refractivity contribution in [3.05, 3.63) is 58.8 Å². The van der Waals surface area contributed by atoms with Crippen LogP contribution in [0.2, 0.25) is 0 Å². The first-order valence-electron chi connectivity index (χ1n) is 6.23. The Morgan fingerprint density at radius 1 is 1.11 bits per heavy atom. The summed E-state index contributed by atoms with van der Waals surface area (Å²) in [6.07, 6.45) is 6.09. The number of pyridine rings is 1. The normalized spacial score (nSPS) is 22.3. The lowest BCUT2D eigenvalue weighted by Crippen LogP contribution is -2.33. The van der Waals surface area contributed by atoms with E-state index in [1.807, 2.05) is 6.20 Å². The molecule has 1 aromatic carbocycles. The van der Waals surface area contributed by atoms with E-state index >= 15 is 0 Å². The van der Waals surface area contributed by atoms with E-state index < -0.39 is 0 Å². The minimum atomic E-state index is 0.575. The molecule has 0 amide bonds. The number of benzene rings is 1. The smallest absolute Gasteiger partial charge is 0.0540 e. The number of aromatic nitrogens is 1. The second-order valence-corrected chi connectivity index (χ2v) is 5.73. The van der Waals surface area contributed by atoms with Gasteiger partial charge in [0, 0.05) is 16.7 Å². The molecule has 1 N–H and O–H groups in total. The second-order valence-electron chi connectivity index (χ2n) is 4.81. The molecular weight excluding hydrogens is 288 g/mol. The SMILES string of the molecule is Brc1cncc(NC2CC(c3ccccc3)C2)c1. The molecule has 0 saturated heterocycles. The Balaban J connectivity index is 1.57. The van der Waals surface area contributed by atoms with Crippen molar-refractivity contribution in [2.45, 2.75) is 24.8 Å². The van der Waals surface area contributed by atoms with Crippen molar-refractivity contribution in [3.8, 4) is 0 Å². The molecule has 0 atom stereocenters. The van der Waals surface area contributed by atoms with E-state index in [1.165, 1.54) is 18.4 Å². The third-order valence-electron chi connectivity index (χ3n) is 3.48. The molecule has 2 aromatic rings. The Hall–Kier alpha value is -1.35. The Morgan fingerprint density at radius 2 is 1.89 bits per heavy atom. The van der Waals surface area contributed by atoms with Crippen molar-refractivity contribution in [1.29, 1.82) is 0 Å². The zero-order valence-electron chi connectivity index (χ0n) is 10.0. The second kappa shape index (κ2) is 5.11. The first-order valence-corrected chi connectivity index (χ1v) is 7.02. The zero-order chi connectivity index (χ0) is 12.4. The first kappa shape index (κ1) is 11.7. The average molecular weight is 303 g/mol. The van der Waals surface area contributed by atoms with Crippen LogP contribution in [0, 0.1) is 0 Å². The van der Waals surface area contributed by atoms with Gasteiger partial charge in [0.1, 0.15) is 0 Å². The van der Waals surface area contributed by atoms with Crippen molar-refractivity contribution in [2.24, 2.45) is 0 Å². The maximum Gasteiger partial charge on any atom is 0.0540 e. The Bertz CT molecular complexity index is 521. The minimum Gasteiger partial charge on any atom is -0.381 e. The van der Waals surface area contributed by atoms with Crippen LogP contribution in [-0.2, 0) is 0 Å². The van der Waals surface area contributed by atoms with E-state index in [-0.39, 0.29) is 0 Å². The van der Waals surface area contributed by atoms with E-state index in [0.29, 0.717) is 12.0 Å². The van der Waals surface area contributed by atoms with Gasteiger partial charge in [-0.05, 0) is 46.3 Å². The van der Waals surface area contributed by atoms with Crippen LogP contribution in [-0.4, -0.2) is 11.0 Å². The van der Waals surface area contributed by atoms with Gasteiger partial charge in [-0.15, -0.1) is 0 Å². The van der Waals surface area contributed by atoms with Gasteiger partial charge in [-0.1, -0.05) is 30.3 Å². The summed E-state index contributed by atoms with van der Waals surface area (Å²) < 4.78 is 1.02. The molecule has 3 rings (SSSR count). The van der Waals surface area contributed by atoms with Crippen LogP contribution in [0.15, 0.2) is 53.3 Å². The molecule has 1 aliphatic carbocycles. The van der Waals surface area contributed by atoms with E-state index in [4.69, 9.17) is 0 Å². The van der Waals surface area contributed by atoms with Gasteiger partial charge in [0.05, 0.1) is 11.9 Å². The number of rotatable bonds is 3. The van der Waals surface area contributed by atoms with Crippen molar-refractivity contribution in [3.63, 3.8) is 0 Å². The first-order chi connectivity index (χ1) is 8.81. The fourth-order valence-electron chi connectivity index (χ4n) is 2.46. The van der Waals surface area contributed by atoms with E-state index in [0.717, 1.165) is 10.2 Å². The summed E-state index contributed by atoms with van der Waals surface area (Å²) in [5.41, 5.74) is 2.56. The Labute approximate surface area is 116 Å². The van der Waals surface area contributed by atoms with Gasteiger partial charge in [-0.2, -0.15) is 0 Å². The molecule has 0 spiro atoms. The minimum absolute atomic E-state index is 0.575. The maximum absolute atomic E-state index is 4.16. The summed E-state index contributed by atoms with van der Waals surface area (Å²) >= 11 is 3.44. The molecule has 0 aliphatic heterocycles. The number of halogens is 1. The average Bonchev–Trinajstić information content (AvgIpc) is 2.34. The van der Waals surface area contributed by atoms with Crippen LogP contribution in [0.25, 0.3) is 0 Å². The zero-order valence-corrected chi connectivity index (χ0v) is 11.6. The summed E-state index contributed by atoms with van der Waals surface area (Å²) in [4.78, 5) is 4.16. The number of anilines is 1. The van der Waals surface area contributed by atoms with Crippen LogP contribution in [0.4, 0.5) is 5.69 Å². The number of hydrogen-bond acceptors (Lipinski definition) is 2. The van der Waals surface area contributed by atoms with Crippen LogP contribution < -0.4 is 5.32 Å². The van der Waals surface area contributed by atoms with Crippen LogP contribution >= 0.6 is 15.9 Å². The lowest BCUT2D eigenvalue weighted by molar-refractivity contribution is 0.374. The standard InChI is InChI=1S/C15H15BrN2/c16-13-8-15(10-17-9-13)18-14-6-12(7-14)11-4-2-1-3-5-11/h1-5,8-10,12,14,18H,6-7H2. The number of nitrogens with zero attached hydrogens (tertiary/aromatic N) is 1. The van der Waals surface area contributed by atoms with Gasteiger partial charge in [0.15, 0.2) is 0 Å². The van der Waals surface area contributed by atoms with Gasteiger partial charge >= 0.3 is 0 Å². The molecular formula is C15H15BrN2. The predicted octanol–water partition coefficient (Wildman–Crippen LogP) is 4.20. The topological polar surface area (TPSA) is 24.9 Å². The van der Waals surface area contributed by atoms with Gasteiger partial charge in [-0.25, -0.2) is 0 Å². The van der Waals surface area contributed by atoms with Gasteiger partial charge in [0.25, 0.3) is 0 Å². The van der Waals surface area contributed by atoms with Crippen molar-refractivity contribution in [2.75, 3.05) is 5.32 Å². The summed E-state index contributed by atoms with van der Waals surface area (Å²) in [5.74, 6) is 0.712. The molecule has 1 saturated carbocycles. The summed E-state index contributed by atoms with van der Waals surface area (Å²) in [5, 5.41) is 3.53. The van der Waals surface area contributed by atoms with Gasteiger partial charge in [0.2, 0.25) is 0 Å². The number of nitrogens with one attached hydrogen (secondary N) is 1. The van der Waals surface area contributed by atoms with Crippen molar-refractivity contribution < 1.29 is 0 Å². The highest BCUT2D eigenvalue weighted by molar-refractivity contribution is 9.10. The molecule has 18 heavy (non-hydrogen) atoms. The van der Waals surface area contributed by atoms with Crippen molar-refractivity contribution in [1.82, 2.24) is 4.98 Å². The Morgan fingerprint density at radius 3 is 2.61 bits per heavy atom. The van der Waals surface area contributed by atoms with E-state index in [9.17, 15) is 0 Å². The summed E-state index contributed by atoms with van der Waals surface area (Å²) in [7, 11) is 0. The summed E-state index contributed by atoms with van der Waals surface area (Å²) in [6.45, 7) is 0. The lowest BCUT2D eigenvalue weighted by atomic mass is 9.76. The maximum atomic E-state index is 4.16. The monoisotopic (exact) mass is 302 g/mol. The quantitative estimate of drug-likeness (QED) is 0.919. The van der Waals surface area contributed by atoms with Gasteiger partial charge in [-0.3, -0.25) is 4.98 Å². The fourth-order valence-corrected chi connectivity index (χ4v) is 2.82. The van der Waals surface area contributed by atoms with Crippen LogP contribution in [0.5, 0.6) is 0 Å². The highest BCUT2D eigenvalue weighted by Gasteiger charge is 2.29. The Kier molecular flexibility index (Phi) is 3.33. The summed E-state index contributed by atoms with van der Waals surface area (Å²) in [6, 6.07) is 13.4. The molecule has 1 fully saturated rings. The van der Waals surface area contributed by atoms with Crippen molar-refractivity contribution >= 4 is 21.6 Å². The third kappa shape index (κ3) is 2.56. The largest absolute Gasteiger partial charge is 0.381 e. The van der Waals surface area contributed by atoms with Crippen LogP contribution in [0.3, 0.4) is 0 Å². The number of hydrogen-bond donors (Lipinski definition) is 1. The molecule has 2 nitrogen and oxygen atoms in total. The third-order valence-corrected chi connectivity index (χ3v) is 3.92. The predicted molar refractivity (Wildman–Crippen MR) is 77.8 cm³/mol. The molecule has 1 aromatic heterocycles. The molecule has 1 heterocycles. The lowest BCUT2D eigenvalue weighted by Gasteiger charge is -2.36. The highest BCUT2D eigenvalue weighted by atomic mass is 79.9. The molecule has 92 valence electrons. The molecule has 0 unspecified atom stereocenters. The highest BCUT2D eigenvalue weighted by Crippen LogP contribution is 2.38.